The van der Waals surface area contributed by atoms with E-state index in [2.05, 4.69) is 15.9 Å². The minimum atomic E-state index is -0.259. The lowest BCUT2D eigenvalue weighted by Crippen LogP contribution is -2.14. The molecule has 1 aliphatic rings. The number of carbonyl (C=O) groups is 1. The smallest absolute Gasteiger partial charge is 0.146 e. The van der Waals surface area contributed by atoms with Crippen molar-refractivity contribution in [2.24, 2.45) is 5.92 Å². The van der Waals surface area contributed by atoms with Crippen molar-refractivity contribution in [1.29, 1.82) is 0 Å². The van der Waals surface area contributed by atoms with E-state index in [0.717, 1.165) is 11.3 Å². The lowest BCUT2D eigenvalue weighted by molar-refractivity contribution is -0.119. The number of halogens is 2. The summed E-state index contributed by atoms with van der Waals surface area (Å²) in [5, 5.41) is 0. The first-order valence-corrected chi connectivity index (χ1v) is 6.66. The van der Waals surface area contributed by atoms with Crippen LogP contribution < -0.4 is 0 Å². The van der Waals surface area contributed by atoms with Gasteiger partial charge >= 0.3 is 0 Å². The van der Waals surface area contributed by atoms with E-state index in [1.165, 1.54) is 6.07 Å². The molecule has 0 aliphatic carbocycles. The number of carbonyl (C=O) groups excluding carboxylic acids is 1. The van der Waals surface area contributed by atoms with Crippen molar-refractivity contribution in [2.45, 2.75) is 6.42 Å². The SMILES string of the molecule is O=C1CSCC1Cc1cccc(F)c1Br. The number of benzene rings is 1. The molecule has 15 heavy (non-hydrogen) atoms. The molecule has 0 spiro atoms. The molecule has 0 saturated carbocycles. The van der Waals surface area contributed by atoms with Gasteiger partial charge in [-0.1, -0.05) is 12.1 Å². The molecule has 1 fully saturated rings. The second-order valence-corrected chi connectivity index (χ2v) is 5.42. The number of ketones is 1. The van der Waals surface area contributed by atoms with Gasteiger partial charge in [0.05, 0.1) is 10.2 Å². The van der Waals surface area contributed by atoms with E-state index in [1.54, 1.807) is 17.8 Å². The number of Topliss-reactive ketones (excluding diaryl/α,β-unsaturated/α-hetero) is 1. The van der Waals surface area contributed by atoms with Crippen molar-refractivity contribution >= 4 is 33.5 Å². The van der Waals surface area contributed by atoms with Crippen molar-refractivity contribution < 1.29 is 9.18 Å². The maximum atomic E-state index is 13.2. The first-order chi connectivity index (χ1) is 7.18. The Kier molecular flexibility index (Phi) is 3.46. The van der Waals surface area contributed by atoms with Gasteiger partial charge in [0, 0.05) is 11.7 Å². The normalized spacial score (nSPS) is 20.9. The third-order valence-electron chi connectivity index (χ3n) is 2.52. The van der Waals surface area contributed by atoms with Crippen LogP contribution in [-0.4, -0.2) is 17.3 Å². The second-order valence-electron chi connectivity index (χ2n) is 3.60. The lowest BCUT2D eigenvalue weighted by Gasteiger charge is -2.09. The molecule has 1 heterocycles. The largest absolute Gasteiger partial charge is 0.298 e. The monoisotopic (exact) mass is 288 g/mol. The molecular weight excluding hydrogens is 279 g/mol. The minimum Gasteiger partial charge on any atom is -0.298 e. The molecule has 1 atom stereocenters. The highest BCUT2D eigenvalue weighted by Crippen LogP contribution is 2.28. The van der Waals surface area contributed by atoms with Crippen LogP contribution in [0.15, 0.2) is 22.7 Å². The Morgan fingerprint density at radius 1 is 1.53 bits per heavy atom. The summed E-state index contributed by atoms with van der Waals surface area (Å²) in [7, 11) is 0. The van der Waals surface area contributed by atoms with Crippen LogP contribution in [0, 0.1) is 11.7 Å². The van der Waals surface area contributed by atoms with Crippen LogP contribution in [0.25, 0.3) is 0 Å². The lowest BCUT2D eigenvalue weighted by atomic mass is 9.98. The van der Waals surface area contributed by atoms with Crippen LogP contribution in [-0.2, 0) is 11.2 Å². The molecule has 1 aromatic rings. The first kappa shape index (κ1) is 11.1. The molecule has 4 heteroatoms. The van der Waals surface area contributed by atoms with Gasteiger partial charge in [0.2, 0.25) is 0 Å². The average Bonchev–Trinajstić information content (AvgIpc) is 2.60. The summed E-state index contributed by atoms with van der Waals surface area (Å²) >= 11 is 4.88. The molecule has 0 bridgehead atoms. The number of rotatable bonds is 2. The summed E-state index contributed by atoms with van der Waals surface area (Å²) in [6.45, 7) is 0. The van der Waals surface area contributed by atoms with Gasteiger partial charge in [-0.15, -0.1) is 0 Å². The Bertz CT molecular complexity index is 394. The van der Waals surface area contributed by atoms with Gasteiger partial charge in [-0.05, 0) is 34.0 Å². The van der Waals surface area contributed by atoms with E-state index < -0.39 is 0 Å². The van der Waals surface area contributed by atoms with E-state index in [0.29, 0.717) is 16.6 Å². The summed E-state index contributed by atoms with van der Waals surface area (Å²) in [5.74, 6) is 1.56. The highest BCUT2D eigenvalue weighted by atomic mass is 79.9. The van der Waals surface area contributed by atoms with Gasteiger partial charge in [-0.3, -0.25) is 4.79 Å². The number of thioether (sulfide) groups is 1. The van der Waals surface area contributed by atoms with Gasteiger partial charge in [0.25, 0.3) is 0 Å². The van der Waals surface area contributed by atoms with Gasteiger partial charge in [0.15, 0.2) is 0 Å². The van der Waals surface area contributed by atoms with Crippen LogP contribution >= 0.6 is 27.7 Å². The van der Waals surface area contributed by atoms with Crippen molar-refractivity contribution in [3.05, 3.63) is 34.1 Å². The predicted molar refractivity (Wildman–Crippen MR) is 63.6 cm³/mol. The number of hydrogen-bond donors (Lipinski definition) is 0. The van der Waals surface area contributed by atoms with Gasteiger partial charge in [-0.2, -0.15) is 11.8 Å². The molecule has 0 N–H and O–H groups in total. The van der Waals surface area contributed by atoms with Crippen molar-refractivity contribution in [1.82, 2.24) is 0 Å². The summed E-state index contributed by atoms with van der Waals surface area (Å²) in [6.07, 6.45) is 0.643. The molecule has 1 unspecified atom stereocenters. The third-order valence-corrected chi connectivity index (χ3v) is 4.53. The summed E-state index contributed by atoms with van der Waals surface area (Å²) in [6, 6.07) is 4.96. The minimum absolute atomic E-state index is 0.0631. The first-order valence-electron chi connectivity index (χ1n) is 4.72. The average molecular weight is 289 g/mol. The maximum absolute atomic E-state index is 13.2. The zero-order valence-electron chi connectivity index (χ0n) is 8.00. The second kappa shape index (κ2) is 4.66. The Hall–Kier alpha value is -0.350. The van der Waals surface area contributed by atoms with Crippen molar-refractivity contribution in [2.75, 3.05) is 11.5 Å². The highest BCUT2D eigenvalue weighted by Gasteiger charge is 2.25. The standard InChI is InChI=1S/C11H10BrFOS/c12-11-7(2-1-3-9(11)13)4-8-5-15-6-10(8)14/h1-3,8H,4-6H2. The molecule has 0 radical (unpaired) electrons. The molecule has 1 aromatic carbocycles. The molecule has 0 aromatic heterocycles. The van der Waals surface area contributed by atoms with E-state index in [4.69, 9.17) is 0 Å². The molecule has 80 valence electrons. The van der Waals surface area contributed by atoms with E-state index >= 15 is 0 Å². The highest BCUT2D eigenvalue weighted by molar-refractivity contribution is 9.10. The van der Waals surface area contributed by atoms with Crippen LogP contribution in [0.1, 0.15) is 5.56 Å². The Morgan fingerprint density at radius 2 is 2.33 bits per heavy atom. The van der Waals surface area contributed by atoms with Gasteiger partial charge < -0.3 is 0 Å². The predicted octanol–water partition coefficient (Wildman–Crippen LogP) is 3.06. The fourth-order valence-corrected chi connectivity index (χ4v) is 3.23. The Balaban J connectivity index is 2.17. The fourth-order valence-electron chi connectivity index (χ4n) is 1.66. The quantitative estimate of drug-likeness (QED) is 0.832. The fraction of sp³-hybridized carbons (Fsp3) is 0.364. The van der Waals surface area contributed by atoms with Gasteiger partial charge in [0.1, 0.15) is 11.6 Å². The summed E-state index contributed by atoms with van der Waals surface area (Å²) in [5.41, 5.74) is 0.885. The third kappa shape index (κ3) is 2.42. The van der Waals surface area contributed by atoms with Crippen molar-refractivity contribution in [3.63, 3.8) is 0 Å². The maximum Gasteiger partial charge on any atom is 0.146 e. The van der Waals surface area contributed by atoms with E-state index in [9.17, 15) is 9.18 Å². The Morgan fingerprint density at radius 3 is 3.00 bits per heavy atom. The summed E-state index contributed by atoms with van der Waals surface area (Å²) in [4.78, 5) is 11.4. The molecule has 0 amide bonds. The Labute approximate surface area is 101 Å². The van der Waals surface area contributed by atoms with E-state index in [-0.39, 0.29) is 17.5 Å². The van der Waals surface area contributed by atoms with E-state index in [1.807, 2.05) is 6.07 Å². The topological polar surface area (TPSA) is 17.1 Å². The molecule has 1 nitrogen and oxygen atoms in total. The van der Waals surface area contributed by atoms with Crippen LogP contribution in [0.2, 0.25) is 0 Å². The van der Waals surface area contributed by atoms with Gasteiger partial charge in [-0.25, -0.2) is 4.39 Å². The zero-order chi connectivity index (χ0) is 10.8. The molecule has 2 rings (SSSR count). The van der Waals surface area contributed by atoms with Crippen LogP contribution in [0.4, 0.5) is 4.39 Å². The number of hydrogen-bond acceptors (Lipinski definition) is 2. The van der Waals surface area contributed by atoms with Crippen LogP contribution in [0.5, 0.6) is 0 Å². The summed E-state index contributed by atoms with van der Waals surface area (Å²) < 4.78 is 13.7. The van der Waals surface area contributed by atoms with Crippen molar-refractivity contribution in [3.8, 4) is 0 Å². The molecule has 1 aliphatic heterocycles. The molecular formula is C11H10BrFOS. The molecule has 1 saturated heterocycles. The zero-order valence-corrected chi connectivity index (χ0v) is 10.4. The van der Waals surface area contributed by atoms with Crippen LogP contribution in [0.3, 0.4) is 0 Å².